The van der Waals surface area contributed by atoms with Gasteiger partial charge in [0, 0.05) is 11.9 Å². The first-order valence-corrected chi connectivity index (χ1v) is 6.68. The zero-order chi connectivity index (χ0) is 12.3. The van der Waals surface area contributed by atoms with E-state index in [2.05, 4.69) is 18.9 Å². The molecule has 0 aromatic carbocycles. The minimum absolute atomic E-state index is 0.168. The minimum Gasteiger partial charge on any atom is -0.268 e. The van der Waals surface area contributed by atoms with Crippen LogP contribution >= 0.6 is 23.2 Å². The monoisotopic (exact) mass is 262 g/mol. The molecule has 0 radical (unpaired) electrons. The Bertz CT molecular complexity index is 345. The number of hydrogen-bond donors (Lipinski definition) is 0. The van der Waals surface area contributed by atoms with Crippen LogP contribution in [0, 0.1) is 12.8 Å². The second-order valence-electron chi connectivity index (χ2n) is 4.21. The van der Waals surface area contributed by atoms with Crippen molar-refractivity contribution in [3.63, 3.8) is 0 Å². The lowest BCUT2D eigenvalue weighted by Gasteiger charge is -2.18. The van der Waals surface area contributed by atoms with Crippen LogP contribution in [0.2, 0.25) is 5.02 Å². The van der Waals surface area contributed by atoms with Crippen LogP contribution in [0.5, 0.6) is 0 Å². The highest BCUT2D eigenvalue weighted by Gasteiger charge is 2.19. The van der Waals surface area contributed by atoms with E-state index >= 15 is 0 Å². The van der Waals surface area contributed by atoms with Crippen LogP contribution in [-0.4, -0.2) is 15.2 Å². The molecule has 1 aromatic heterocycles. The normalized spacial score (nSPS) is 15.1. The second kappa shape index (κ2) is 5.92. The molecule has 92 valence electrons. The van der Waals surface area contributed by atoms with Gasteiger partial charge in [0.1, 0.15) is 0 Å². The molecule has 2 atom stereocenters. The molecule has 0 aliphatic rings. The van der Waals surface area contributed by atoms with Crippen molar-refractivity contribution in [2.75, 3.05) is 0 Å². The largest absolute Gasteiger partial charge is 0.268 e. The molecule has 0 aliphatic heterocycles. The summed E-state index contributed by atoms with van der Waals surface area (Å²) in [6, 6.07) is 0. The van der Waals surface area contributed by atoms with Crippen LogP contribution in [0.1, 0.15) is 38.6 Å². The Hall–Kier alpha value is -0.210. The molecule has 4 heteroatoms. The Balaban J connectivity index is 2.94. The number of rotatable bonds is 5. The molecule has 0 spiro atoms. The fraction of sp³-hybridized carbons (Fsp3) is 0.750. The van der Waals surface area contributed by atoms with E-state index in [0.717, 1.165) is 35.8 Å². The van der Waals surface area contributed by atoms with Crippen molar-refractivity contribution in [3.05, 3.63) is 16.4 Å². The first-order chi connectivity index (χ1) is 7.51. The molecular weight excluding hydrogens is 243 g/mol. The van der Waals surface area contributed by atoms with Crippen LogP contribution in [-0.2, 0) is 13.0 Å². The van der Waals surface area contributed by atoms with Crippen molar-refractivity contribution in [1.82, 2.24) is 9.78 Å². The molecule has 0 N–H and O–H groups in total. The maximum absolute atomic E-state index is 6.27. The molecule has 0 aliphatic carbocycles. The van der Waals surface area contributed by atoms with Crippen molar-refractivity contribution < 1.29 is 0 Å². The fourth-order valence-electron chi connectivity index (χ4n) is 1.94. The third-order valence-corrected chi connectivity index (χ3v) is 3.93. The van der Waals surface area contributed by atoms with Gasteiger partial charge in [-0.15, -0.1) is 11.6 Å². The van der Waals surface area contributed by atoms with E-state index in [4.69, 9.17) is 23.2 Å². The highest BCUT2D eigenvalue weighted by atomic mass is 35.5. The van der Waals surface area contributed by atoms with Gasteiger partial charge in [-0.2, -0.15) is 5.10 Å². The van der Waals surface area contributed by atoms with E-state index in [1.54, 1.807) is 0 Å². The van der Waals surface area contributed by atoms with Crippen molar-refractivity contribution in [2.24, 2.45) is 5.92 Å². The number of aryl methyl sites for hydroxylation is 2. The van der Waals surface area contributed by atoms with Crippen LogP contribution in [0.4, 0.5) is 0 Å². The van der Waals surface area contributed by atoms with E-state index < -0.39 is 0 Å². The smallest absolute Gasteiger partial charge is 0.0847 e. The maximum atomic E-state index is 6.27. The summed E-state index contributed by atoms with van der Waals surface area (Å²) >= 11 is 12.4. The zero-order valence-corrected chi connectivity index (χ0v) is 11.9. The molecule has 2 nitrogen and oxygen atoms in total. The predicted molar refractivity (Wildman–Crippen MR) is 70.4 cm³/mol. The Morgan fingerprint density at radius 1 is 1.38 bits per heavy atom. The summed E-state index contributed by atoms with van der Waals surface area (Å²) in [4.78, 5) is 0. The highest BCUT2D eigenvalue weighted by Crippen LogP contribution is 2.26. The van der Waals surface area contributed by atoms with Crippen LogP contribution in [0.3, 0.4) is 0 Å². The topological polar surface area (TPSA) is 17.8 Å². The van der Waals surface area contributed by atoms with Gasteiger partial charge in [-0.05, 0) is 33.1 Å². The second-order valence-corrected chi connectivity index (χ2v) is 5.28. The van der Waals surface area contributed by atoms with Gasteiger partial charge in [0.2, 0.25) is 0 Å². The molecule has 0 amide bonds. The van der Waals surface area contributed by atoms with E-state index in [-0.39, 0.29) is 5.38 Å². The molecule has 0 bridgehead atoms. The van der Waals surface area contributed by atoms with Gasteiger partial charge in [0.15, 0.2) is 0 Å². The van der Waals surface area contributed by atoms with Gasteiger partial charge < -0.3 is 0 Å². The molecule has 1 rings (SSSR count). The predicted octanol–water partition coefficient (Wildman–Crippen LogP) is 4.06. The fourth-order valence-corrected chi connectivity index (χ4v) is 2.42. The summed E-state index contributed by atoms with van der Waals surface area (Å²) in [5, 5.41) is 5.39. The summed E-state index contributed by atoms with van der Waals surface area (Å²) < 4.78 is 1.99. The minimum atomic E-state index is 0.168. The molecule has 1 aromatic rings. The summed E-state index contributed by atoms with van der Waals surface area (Å²) in [7, 11) is 0. The molecule has 0 fully saturated rings. The van der Waals surface area contributed by atoms with Gasteiger partial charge in [0.25, 0.3) is 0 Å². The van der Waals surface area contributed by atoms with E-state index in [9.17, 15) is 0 Å². The molecular formula is C12H20Cl2N2. The van der Waals surface area contributed by atoms with E-state index in [0.29, 0.717) is 5.92 Å². The van der Waals surface area contributed by atoms with Crippen molar-refractivity contribution >= 4 is 23.2 Å². The molecule has 1 heterocycles. The van der Waals surface area contributed by atoms with Crippen molar-refractivity contribution in [3.8, 4) is 0 Å². The number of hydrogen-bond acceptors (Lipinski definition) is 1. The summed E-state index contributed by atoms with van der Waals surface area (Å²) in [5.41, 5.74) is 2.04. The third kappa shape index (κ3) is 2.92. The number of halogens is 2. The average Bonchev–Trinajstić information content (AvgIpc) is 2.51. The van der Waals surface area contributed by atoms with Crippen LogP contribution in [0.15, 0.2) is 0 Å². The molecule has 0 saturated carbocycles. The first kappa shape index (κ1) is 13.9. The highest BCUT2D eigenvalue weighted by molar-refractivity contribution is 6.31. The maximum Gasteiger partial charge on any atom is 0.0847 e. The lowest BCUT2D eigenvalue weighted by molar-refractivity contribution is 0.471. The van der Waals surface area contributed by atoms with Gasteiger partial charge in [-0.25, -0.2) is 0 Å². The van der Waals surface area contributed by atoms with Gasteiger partial charge in [0.05, 0.1) is 16.4 Å². The molecule has 0 saturated heterocycles. The Morgan fingerprint density at radius 3 is 2.44 bits per heavy atom. The van der Waals surface area contributed by atoms with E-state index in [1.165, 1.54) is 0 Å². The number of alkyl halides is 1. The van der Waals surface area contributed by atoms with Gasteiger partial charge in [-0.3, -0.25) is 4.68 Å². The van der Waals surface area contributed by atoms with Gasteiger partial charge >= 0.3 is 0 Å². The van der Waals surface area contributed by atoms with Crippen LogP contribution < -0.4 is 0 Å². The van der Waals surface area contributed by atoms with E-state index in [1.807, 2.05) is 18.5 Å². The van der Waals surface area contributed by atoms with Crippen molar-refractivity contribution in [2.45, 2.75) is 52.5 Å². The number of aromatic nitrogens is 2. The first-order valence-electron chi connectivity index (χ1n) is 5.87. The quantitative estimate of drug-likeness (QED) is 0.732. The summed E-state index contributed by atoms with van der Waals surface area (Å²) in [6.45, 7) is 9.09. The Morgan fingerprint density at radius 2 is 2.00 bits per heavy atom. The average molecular weight is 263 g/mol. The Kier molecular flexibility index (Phi) is 5.13. The lowest BCUT2D eigenvalue weighted by atomic mass is 9.97. The SMILES string of the molecule is CCC(Cc1c(Cl)c(C)nn1CC)C(C)Cl. The summed E-state index contributed by atoms with van der Waals surface area (Å²) in [6.07, 6.45) is 1.98. The molecule has 16 heavy (non-hydrogen) atoms. The van der Waals surface area contributed by atoms with Crippen molar-refractivity contribution in [1.29, 1.82) is 0 Å². The molecule has 2 unspecified atom stereocenters. The third-order valence-electron chi connectivity index (χ3n) is 3.08. The standard InChI is InChI=1S/C12H20Cl2N2/c1-5-10(8(3)13)7-11-12(14)9(4)15-16(11)6-2/h8,10H,5-7H2,1-4H3. The zero-order valence-electron chi connectivity index (χ0n) is 10.4. The van der Waals surface area contributed by atoms with Crippen LogP contribution in [0.25, 0.3) is 0 Å². The summed E-state index contributed by atoms with van der Waals surface area (Å²) in [5.74, 6) is 0.459. The Labute approximate surface area is 108 Å². The van der Waals surface area contributed by atoms with Gasteiger partial charge in [-0.1, -0.05) is 24.9 Å². The lowest BCUT2D eigenvalue weighted by Crippen LogP contribution is -2.16. The number of nitrogens with zero attached hydrogens (tertiary/aromatic N) is 2.